The Hall–Kier alpha value is -4.54. The number of rotatable bonds is 9. The number of esters is 1. The minimum Gasteiger partial charge on any atom is -0.423 e. The highest BCUT2D eigenvalue weighted by Gasteiger charge is 2.25. The van der Waals surface area contributed by atoms with Crippen LogP contribution in [0.3, 0.4) is 0 Å². The average Bonchev–Trinajstić information content (AvgIpc) is 2.89. The molecule has 0 aromatic heterocycles. The number of carbonyl (C=O) groups is 1. The second-order valence-corrected chi connectivity index (χ2v) is 9.42. The standard InChI is InChI=1S/C32H21F9O2/c1-2-4-16-7-8-20(22(33)9-16)17-10-25(36)30(26(37)11-17)18-12-27(38)31(28(39)13-18)32(42)43-19-14-23(34)21(24(35)15-19)5-3-6-29(40)41/h3,6-15,29H,2,4-5H2,1H3/b6-3+. The maximum absolute atomic E-state index is 15.0. The van der Waals surface area contributed by atoms with Crippen LogP contribution in [0.5, 0.6) is 5.75 Å². The van der Waals surface area contributed by atoms with Crippen LogP contribution in [0.2, 0.25) is 0 Å². The van der Waals surface area contributed by atoms with E-state index in [9.17, 15) is 35.5 Å². The van der Waals surface area contributed by atoms with Crippen LogP contribution in [0.1, 0.15) is 34.8 Å². The molecule has 11 heteroatoms. The Balaban J connectivity index is 1.60. The van der Waals surface area contributed by atoms with Crippen molar-refractivity contribution < 1.29 is 49.0 Å². The first kappa shape index (κ1) is 31.4. The van der Waals surface area contributed by atoms with E-state index in [2.05, 4.69) is 0 Å². The van der Waals surface area contributed by atoms with Gasteiger partial charge in [0.25, 0.3) is 6.43 Å². The lowest BCUT2D eigenvalue weighted by molar-refractivity contribution is 0.0723. The molecular weight excluding hydrogens is 587 g/mol. The number of halogens is 9. The van der Waals surface area contributed by atoms with E-state index in [1.807, 2.05) is 6.92 Å². The van der Waals surface area contributed by atoms with Crippen LogP contribution in [0.25, 0.3) is 22.3 Å². The van der Waals surface area contributed by atoms with Crippen molar-refractivity contribution in [1.29, 1.82) is 0 Å². The van der Waals surface area contributed by atoms with Crippen LogP contribution in [-0.4, -0.2) is 12.4 Å². The number of benzene rings is 4. The number of allylic oxidation sites excluding steroid dienone is 2. The summed E-state index contributed by atoms with van der Waals surface area (Å²) in [6.07, 6.45) is -0.784. The van der Waals surface area contributed by atoms with Crippen molar-refractivity contribution in [2.75, 3.05) is 0 Å². The predicted molar refractivity (Wildman–Crippen MR) is 141 cm³/mol. The fourth-order valence-electron chi connectivity index (χ4n) is 4.43. The first-order chi connectivity index (χ1) is 20.4. The monoisotopic (exact) mass is 608 g/mol. The first-order valence-electron chi connectivity index (χ1n) is 12.8. The molecule has 224 valence electrons. The summed E-state index contributed by atoms with van der Waals surface area (Å²) in [6, 6.07) is 7.77. The molecule has 0 radical (unpaired) electrons. The third-order valence-electron chi connectivity index (χ3n) is 6.39. The van der Waals surface area contributed by atoms with Crippen molar-refractivity contribution in [1.82, 2.24) is 0 Å². The molecule has 0 heterocycles. The van der Waals surface area contributed by atoms with Crippen LogP contribution < -0.4 is 4.74 Å². The summed E-state index contributed by atoms with van der Waals surface area (Å²) in [7, 11) is 0. The van der Waals surface area contributed by atoms with Crippen molar-refractivity contribution in [2.45, 2.75) is 32.6 Å². The molecule has 0 fully saturated rings. The van der Waals surface area contributed by atoms with Crippen molar-refractivity contribution in [3.05, 3.63) is 124 Å². The van der Waals surface area contributed by atoms with Gasteiger partial charge in [0, 0.05) is 23.3 Å². The smallest absolute Gasteiger partial charge is 0.349 e. The summed E-state index contributed by atoms with van der Waals surface area (Å²) in [5, 5.41) is 0. The zero-order valence-electron chi connectivity index (χ0n) is 22.3. The molecule has 0 aliphatic heterocycles. The summed E-state index contributed by atoms with van der Waals surface area (Å²) in [5.74, 6) is -11.5. The van der Waals surface area contributed by atoms with E-state index in [-0.39, 0.29) is 11.1 Å². The summed E-state index contributed by atoms with van der Waals surface area (Å²) in [4.78, 5) is 12.5. The maximum atomic E-state index is 15.0. The second-order valence-electron chi connectivity index (χ2n) is 9.42. The average molecular weight is 609 g/mol. The lowest BCUT2D eigenvalue weighted by Gasteiger charge is -2.12. The lowest BCUT2D eigenvalue weighted by atomic mass is 9.96. The van der Waals surface area contributed by atoms with E-state index >= 15 is 8.78 Å². The molecule has 0 unspecified atom stereocenters. The molecule has 0 aliphatic rings. The van der Waals surface area contributed by atoms with Crippen LogP contribution in [0.4, 0.5) is 39.5 Å². The number of carbonyl (C=O) groups excluding carboxylic acids is 1. The summed E-state index contributed by atoms with van der Waals surface area (Å²) in [6.45, 7) is 1.90. The lowest BCUT2D eigenvalue weighted by Crippen LogP contribution is -2.14. The molecule has 0 atom stereocenters. The fraction of sp³-hybridized carbons (Fsp3) is 0.156. The van der Waals surface area contributed by atoms with E-state index in [0.29, 0.717) is 42.3 Å². The number of alkyl halides is 2. The topological polar surface area (TPSA) is 26.3 Å². The van der Waals surface area contributed by atoms with Crippen molar-refractivity contribution >= 4 is 5.97 Å². The van der Waals surface area contributed by atoms with Gasteiger partial charge in [-0.05, 0) is 65.9 Å². The molecule has 0 amide bonds. The van der Waals surface area contributed by atoms with E-state index < -0.39 is 87.5 Å². The fourth-order valence-corrected chi connectivity index (χ4v) is 4.43. The molecule has 43 heavy (non-hydrogen) atoms. The molecule has 0 bridgehead atoms. The largest absolute Gasteiger partial charge is 0.423 e. The minimum atomic E-state index is -2.84. The van der Waals surface area contributed by atoms with Crippen LogP contribution in [0.15, 0.2) is 66.7 Å². The number of hydrogen-bond donors (Lipinski definition) is 0. The first-order valence-corrected chi connectivity index (χ1v) is 12.8. The quantitative estimate of drug-likeness (QED) is 0.0819. The summed E-state index contributed by atoms with van der Waals surface area (Å²) < 4.78 is 132. The molecular formula is C32H21F9O2. The van der Waals surface area contributed by atoms with Gasteiger partial charge in [0.15, 0.2) is 0 Å². The maximum Gasteiger partial charge on any atom is 0.349 e. The van der Waals surface area contributed by atoms with Gasteiger partial charge in [0.05, 0.1) is 5.56 Å². The Bertz CT molecular complexity index is 1640. The Morgan fingerprint density at radius 1 is 0.744 bits per heavy atom. The van der Waals surface area contributed by atoms with Crippen LogP contribution >= 0.6 is 0 Å². The number of hydrogen-bond acceptors (Lipinski definition) is 2. The highest BCUT2D eigenvalue weighted by Crippen LogP contribution is 2.34. The van der Waals surface area contributed by atoms with Crippen molar-refractivity contribution in [3.63, 3.8) is 0 Å². The van der Waals surface area contributed by atoms with Crippen LogP contribution in [0, 0.1) is 40.7 Å². The third-order valence-corrected chi connectivity index (χ3v) is 6.39. The van der Waals surface area contributed by atoms with Gasteiger partial charge in [0.2, 0.25) is 0 Å². The van der Waals surface area contributed by atoms with Crippen molar-refractivity contribution in [3.8, 4) is 28.0 Å². The van der Waals surface area contributed by atoms with E-state index in [1.165, 1.54) is 12.1 Å². The highest BCUT2D eigenvalue weighted by atomic mass is 19.3. The Morgan fingerprint density at radius 2 is 1.33 bits per heavy atom. The van der Waals surface area contributed by atoms with Crippen LogP contribution in [-0.2, 0) is 12.8 Å². The third kappa shape index (κ3) is 7.10. The molecule has 2 nitrogen and oxygen atoms in total. The van der Waals surface area contributed by atoms with E-state index in [1.54, 1.807) is 6.07 Å². The molecule has 0 N–H and O–H groups in total. The van der Waals surface area contributed by atoms with Crippen molar-refractivity contribution in [2.24, 2.45) is 0 Å². The summed E-state index contributed by atoms with van der Waals surface area (Å²) in [5.41, 5.74) is -2.99. The SMILES string of the molecule is CCCc1ccc(-c2cc(F)c(-c3cc(F)c(C(=O)Oc4cc(F)c(C/C=C/C(F)F)c(F)c4)c(F)c3)c(F)c2)c(F)c1. The van der Waals surface area contributed by atoms with Gasteiger partial charge in [-0.3, -0.25) is 0 Å². The number of ether oxygens (including phenoxy) is 1. The molecule has 0 saturated carbocycles. The van der Waals surface area contributed by atoms with Gasteiger partial charge in [-0.15, -0.1) is 0 Å². The van der Waals surface area contributed by atoms with E-state index in [4.69, 9.17) is 4.74 Å². The Kier molecular flexibility index (Phi) is 9.63. The molecule has 4 aromatic carbocycles. The second kappa shape index (κ2) is 13.2. The van der Waals surface area contributed by atoms with Gasteiger partial charge in [-0.1, -0.05) is 31.6 Å². The van der Waals surface area contributed by atoms with E-state index in [0.717, 1.165) is 24.6 Å². The molecule has 4 aromatic rings. The van der Waals surface area contributed by atoms with Gasteiger partial charge >= 0.3 is 5.97 Å². The molecule has 0 saturated heterocycles. The van der Waals surface area contributed by atoms with Gasteiger partial charge in [-0.25, -0.2) is 44.3 Å². The van der Waals surface area contributed by atoms with Gasteiger partial charge in [0.1, 0.15) is 52.0 Å². The molecule has 0 spiro atoms. The molecule has 4 rings (SSSR count). The zero-order chi connectivity index (χ0) is 31.4. The Labute approximate surface area is 240 Å². The zero-order valence-corrected chi connectivity index (χ0v) is 22.3. The highest BCUT2D eigenvalue weighted by molar-refractivity contribution is 5.92. The minimum absolute atomic E-state index is 0.0924. The molecule has 0 aliphatic carbocycles. The number of aryl methyl sites for hydroxylation is 1. The van der Waals surface area contributed by atoms with Gasteiger partial charge in [-0.2, -0.15) is 0 Å². The Morgan fingerprint density at radius 3 is 1.86 bits per heavy atom. The van der Waals surface area contributed by atoms with Gasteiger partial charge < -0.3 is 4.74 Å². The summed E-state index contributed by atoms with van der Waals surface area (Å²) >= 11 is 0. The normalized spacial score (nSPS) is 11.5. The predicted octanol–water partition coefficient (Wildman–Crippen LogP) is 9.53.